The van der Waals surface area contributed by atoms with Crippen molar-refractivity contribution in [2.75, 3.05) is 14.2 Å². The number of aliphatic carboxylic acids is 1. The highest BCUT2D eigenvalue weighted by Gasteiger charge is 2.36. The summed E-state index contributed by atoms with van der Waals surface area (Å²) < 4.78 is 23.5. The molecule has 0 saturated heterocycles. The fraction of sp³-hybridized carbons (Fsp3) is 0.300. The number of ether oxygens (including phenoxy) is 2. The Kier molecular flexibility index (Phi) is 6.39. The highest BCUT2D eigenvalue weighted by Crippen LogP contribution is 2.24. The van der Waals surface area contributed by atoms with Gasteiger partial charge in [-0.05, 0) is 48.7 Å². The number of rotatable bonds is 8. The third-order valence-electron chi connectivity index (χ3n) is 4.29. The lowest BCUT2D eigenvalue weighted by molar-refractivity contribution is -0.147. The van der Waals surface area contributed by atoms with E-state index in [-0.39, 0.29) is 12.0 Å². The van der Waals surface area contributed by atoms with E-state index in [1.807, 2.05) is 0 Å². The lowest BCUT2D eigenvalue weighted by Crippen LogP contribution is -2.49. The van der Waals surface area contributed by atoms with Crippen molar-refractivity contribution in [3.8, 4) is 11.5 Å². The smallest absolute Gasteiger partial charge is 0.333 e. The molecule has 2 N–H and O–H groups in total. The Labute approximate surface area is 156 Å². The molecule has 0 fully saturated rings. The molecule has 2 rings (SSSR count). The number of carboxylic acids is 1. The van der Waals surface area contributed by atoms with Gasteiger partial charge in [-0.1, -0.05) is 12.1 Å². The van der Waals surface area contributed by atoms with Crippen LogP contribution >= 0.6 is 0 Å². The second kappa shape index (κ2) is 8.53. The van der Waals surface area contributed by atoms with E-state index in [4.69, 9.17) is 9.47 Å². The van der Waals surface area contributed by atoms with E-state index in [0.29, 0.717) is 17.9 Å². The summed E-state index contributed by atoms with van der Waals surface area (Å²) in [7, 11) is 3.07. The maximum Gasteiger partial charge on any atom is 0.333 e. The van der Waals surface area contributed by atoms with E-state index in [9.17, 15) is 19.1 Å². The van der Waals surface area contributed by atoms with E-state index in [0.717, 1.165) is 17.7 Å². The second-order valence-corrected chi connectivity index (χ2v) is 6.21. The van der Waals surface area contributed by atoms with Crippen molar-refractivity contribution >= 4 is 11.9 Å². The van der Waals surface area contributed by atoms with Crippen LogP contribution in [0.4, 0.5) is 4.39 Å². The van der Waals surface area contributed by atoms with Crippen LogP contribution in [-0.4, -0.2) is 31.2 Å². The molecule has 0 aliphatic heterocycles. The maximum absolute atomic E-state index is 13.1. The minimum absolute atomic E-state index is 0.0698. The molecule has 2 aromatic rings. The molecule has 0 saturated carbocycles. The molecule has 7 heteroatoms. The number of aryl methyl sites for hydroxylation is 1. The van der Waals surface area contributed by atoms with E-state index in [1.54, 1.807) is 18.2 Å². The van der Waals surface area contributed by atoms with E-state index < -0.39 is 23.2 Å². The number of carbonyl (C=O) groups is 2. The molecule has 0 aliphatic carbocycles. The average Bonchev–Trinajstić information content (AvgIpc) is 2.66. The predicted octanol–water partition coefficient (Wildman–Crippen LogP) is 2.89. The van der Waals surface area contributed by atoms with Gasteiger partial charge in [0.05, 0.1) is 14.2 Å². The Balaban J connectivity index is 2.11. The van der Waals surface area contributed by atoms with E-state index in [2.05, 4.69) is 5.32 Å². The van der Waals surface area contributed by atoms with Crippen molar-refractivity contribution in [2.24, 2.45) is 0 Å². The summed E-state index contributed by atoms with van der Waals surface area (Å²) in [4.78, 5) is 24.1. The Hall–Kier alpha value is -3.09. The summed E-state index contributed by atoms with van der Waals surface area (Å²) in [5.74, 6) is -0.945. The van der Waals surface area contributed by atoms with Crippen molar-refractivity contribution in [1.82, 2.24) is 5.32 Å². The molecule has 1 unspecified atom stereocenters. The molecule has 1 amide bonds. The Morgan fingerprint density at radius 1 is 1.07 bits per heavy atom. The second-order valence-electron chi connectivity index (χ2n) is 6.21. The molecule has 0 bridgehead atoms. The topological polar surface area (TPSA) is 84.9 Å². The first kappa shape index (κ1) is 20.2. The van der Waals surface area contributed by atoms with Gasteiger partial charge in [0.25, 0.3) is 0 Å². The van der Waals surface area contributed by atoms with Crippen molar-refractivity contribution < 1.29 is 28.6 Å². The van der Waals surface area contributed by atoms with Gasteiger partial charge in [-0.3, -0.25) is 4.79 Å². The predicted molar refractivity (Wildman–Crippen MR) is 97.4 cm³/mol. The fourth-order valence-electron chi connectivity index (χ4n) is 2.64. The first-order valence-corrected chi connectivity index (χ1v) is 8.31. The highest BCUT2D eigenvalue weighted by molar-refractivity contribution is 5.87. The third-order valence-corrected chi connectivity index (χ3v) is 4.29. The standard InChI is InChI=1S/C20H22FNO5/c1-20(19(24)25,14-5-7-15(21)8-6-14)22-18(23)9-4-13-10-16(26-2)12-17(11-13)27-3/h5-8,10-12H,4,9H2,1-3H3,(H,22,23)(H,24,25). The Bertz CT molecular complexity index is 799. The minimum Gasteiger partial charge on any atom is -0.497 e. The van der Waals surface area contributed by atoms with Crippen LogP contribution in [0.25, 0.3) is 0 Å². The van der Waals surface area contributed by atoms with E-state index in [1.165, 1.54) is 33.3 Å². The molecule has 0 aliphatic rings. The van der Waals surface area contributed by atoms with Crippen molar-refractivity contribution in [3.05, 3.63) is 59.4 Å². The van der Waals surface area contributed by atoms with Gasteiger partial charge in [-0.2, -0.15) is 0 Å². The molecule has 27 heavy (non-hydrogen) atoms. The van der Waals surface area contributed by atoms with Gasteiger partial charge >= 0.3 is 5.97 Å². The molecule has 0 spiro atoms. The molecule has 6 nitrogen and oxygen atoms in total. The van der Waals surface area contributed by atoms with Gasteiger partial charge in [0.1, 0.15) is 17.3 Å². The van der Waals surface area contributed by atoms with Crippen molar-refractivity contribution in [1.29, 1.82) is 0 Å². The summed E-state index contributed by atoms with van der Waals surface area (Å²) in [6.07, 6.45) is 0.443. The highest BCUT2D eigenvalue weighted by atomic mass is 19.1. The molecule has 0 aromatic heterocycles. The van der Waals surface area contributed by atoms with Crippen LogP contribution in [0.3, 0.4) is 0 Å². The number of carboxylic acid groups (broad SMARTS) is 1. The van der Waals surface area contributed by atoms with Gasteiger partial charge in [-0.15, -0.1) is 0 Å². The van der Waals surface area contributed by atoms with Gasteiger partial charge in [0.15, 0.2) is 5.54 Å². The van der Waals surface area contributed by atoms with Gasteiger partial charge in [-0.25, -0.2) is 9.18 Å². The largest absolute Gasteiger partial charge is 0.497 e. The van der Waals surface area contributed by atoms with Crippen LogP contribution in [0.1, 0.15) is 24.5 Å². The lowest BCUT2D eigenvalue weighted by atomic mass is 9.91. The molecule has 1 atom stereocenters. The quantitative estimate of drug-likeness (QED) is 0.741. The van der Waals surface area contributed by atoms with Crippen LogP contribution in [0, 0.1) is 5.82 Å². The van der Waals surface area contributed by atoms with E-state index >= 15 is 0 Å². The zero-order chi connectivity index (χ0) is 20.0. The lowest BCUT2D eigenvalue weighted by Gasteiger charge is -2.27. The monoisotopic (exact) mass is 375 g/mol. The molecular formula is C20H22FNO5. The van der Waals surface area contributed by atoms with Crippen LogP contribution < -0.4 is 14.8 Å². The maximum atomic E-state index is 13.1. The summed E-state index contributed by atoms with van der Waals surface area (Å²) in [6.45, 7) is 1.37. The van der Waals surface area contributed by atoms with Crippen molar-refractivity contribution in [2.45, 2.75) is 25.3 Å². The molecule has 144 valence electrons. The summed E-state index contributed by atoms with van der Waals surface area (Å²) >= 11 is 0. The molecule has 2 aromatic carbocycles. The van der Waals surface area contributed by atoms with Crippen LogP contribution in [0.2, 0.25) is 0 Å². The Morgan fingerprint density at radius 3 is 2.11 bits per heavy atom. The number of methoxy groups -OCH3 is 2. The van der Waals surface area contributed by atoms with Crippen LogP contribution in [-0.2, 0) is 21.5 Å². The normalized spacial score (nSPS) is 12.7. The SMILES string of the molecule is COc1cc(CCC(=O)NC(C)(C(=O)O)c2ccc(F)cc2)cc(OC)c1. The molecule has 0 radical (unpaired) electrons. The number of carbonyl (C=O) groups excluding carboxylic acids is 1. The number of hydrogen-bond acceptors (Lipinski definition) is 4. The zero-order valence-corrected chi connectivity index (χ0v) is 15.4. The minimum atomic E-state index is -1.66. The van der Waals surface area contributed by atoms with Crippen LogP contribution in [0.5, 0.6) is 11.5 Å². The number of amides is 1. The molecule has 0 heterocycles. The Morgan fingerprint density at radius 2 is 1.63 bits per heavy atom. The number of benzene rings is 2. The summed E-state index contributed by atoms with van der Waals surface area (Å²) in [6, 6.07) is 10.3. The number of nitrogens with one attached hydrogen (secondary N) is 1. The van der Waals surface area contributed by atoms with Crippen LogP contribution in [0.15, 0.2) is 42.5 Å². The average molecular weight is 375 g/mol. The molecular weight excluding hydrogens is 353 g/mol. The number of halogens is 1. The van der Waals surface area contributed by atoms with Gasteiger partial charge in [0, 0.05) is 12.5 Å². The number of hydrogen-bond donors (Lipinski definition) is 2. The first-order valence-electron chi connectivity index (χ1n) is 8.31. The fourth-order valence-corrected chi connectivity index (χ4v) is 2.64. The summed E-state index contributed by atoms with van der Waals surface area (Å²) in [5.41, 5.74) is -0.551. The summed E-state index contributed by atoms with van der Waals surface area (Å²) in [5, 5.41) is 12.1. The third kappa shape index (κ3) is 4.97. The van der Waals surface area contributed by atoms with Gasteiger partial charge < -0.3 is 19.9 Å². The zero-order valence-electron chi connectivity index (χ0n) is 15.4. The van der Waals surface area contributed by atoms with Gasteiger partial charge in [0.2, 0.25) is 5.91 Å². The first-order chi connectivity index (χ1) is 12.8. The van der Waals surface area contributed by atoms with Crippen molar-refractivity contribution in [3.63, 3.8) is 0 Å².